The van der Waals surface area contributed by atoms with E-state index in [2.05, 4.69) is 33.8 Å². The van der Waals surface area contributed by atoms with Gasteiger partial charge < -0.3 is 9.47 Å². The fourth-order valence-electron chi connectivity index (χ4n) is 3.22. The van der Waals surface area contributed by atoms with E-state index in [0.717, 1.165) is 16.0 Å². The van der Waals surface area contributed by atoms with Crippen molar-refractivity contribution in [2.45, 2.75) is 13.8 Å². The van der Waals surface area contributed by atoms with Gasteiger partial charge in [-0.25, -0.2) is 9.69 Å². The topological polar surface area (TPSA) is 84.9 Å². The number of anilines is 1. The van der Waals surface area contributed by atoms with Crippen LogP contribution in [-0.4, -0.2) is 31.6 Å². The Labute approximate surface area is 193 Å². The monoisotopic (exact) mass is 530 g/mol. The maximum atomic E-state index is 13.1. The Balaban J connectivity index is 2.04. The van der Waals surface area contributed by atoms with Crippen LogP contribution in [0.15, 0.2) is 35.9 Å². The summed E-state index contributed by atoms with van der Waals surface area (Å²) in [7, 11) is 1.48. The van der Waals surface area contributed by atoms with E-state index >= 15 is 0 Å². The molecule has 0 radical (unpaired) electrons. The summed E-state index contributed by atoms with van der Waals surface area (Å²) in [5.41, 5.74) is 2.53. The quantitative estimate of drug-likeness (QED) is 0.277. The lowest BCUT2D eigenvalue weighted by Crippen LogP contribution is -2.54. The molecule has 1 heterocycles. The van der Waals surface area contributed by atoms with E-state index in [-0.39, 0.29) is 12.2 Å². The van der Waals surface area contributed by atoms with Gasteiger partial charge in [0, 0.05) is 0 Å². The van der Waals surface area contributed by atoms with E-state index in [0.29, 0.717) is 26.3 Å². The Kier molecular flexibility index (Phi) is 6.65. The van der Waals surface area contributed by atoms with Crippen molar-refractivity contribution in [1.29, 1.82) is 0 Å². The first-order valence-electron chi connectivity index (χ1n) is 9.18. The number of hydrogen-bond donors (Lipinski definition) is 1. The number of ether oxygens (including phenoxy) is 2. The van der Waals surface area contributed by atoms with Crippen molar-refractivity contribution in [3.05, 3.63) is 56.2 Å². The molecule has 31 heavy (non-hydrogen) atoms. The molecule has 3 rings (SSSR count). The number of barbiturate groups is 1. The molecule has 1 aliphatic heterocycles. The Bertz CT molecular complexity index is 1140. The number of hydrogen-bond acceptors (Lipinski definition) is 5. The maximum absolute atomic E-state index is 13.1. The van der Waals surface area contributed by atoms with Crippen LogP contribution in [0.25, 0.3) is 6.08 Å². The summed E-state index contributed by atoms with van der Waals surface area (Å²) < 4.78 is 11.6. The lowest BCUT2D eigenvalue weighted by Gasteiger charge is -2.27. The highest BCUT2D eigenvalue weighted by molar-refractivity contribution is 14.1. The van der Waals surface area contributed by atoms with E-state index in [1.807, 2.05) is 19.9 Å². The second-order valence-electron chi connectivity index (χ2n) is 6.83. The minimum atomic E-state index is -0.789. The van der Waals surface area contributed by atoms with Gasteiger partial charge in [-0.1, -0.05) is 12.0 Å². The summed E-state index contributed by atoms with van der Waals surface area (Å²) in [5, 5.41) is 2.23. The molecule has 1 N–H and O–H groups in total. The molecule has 1 saturated heterocycles. The van der Waals surface area contributed by atoms with E-state index in [1.54, 1.807) is 24.3 Å². The molecule has 0 bridgehead atoms. The van der Waals surface area contributed by atoms with Crippen LogP contribution in [0, 0.1) is 29.8 Å². The first-order valence-corrected chi connectivity index (χ1v) is 10.3. The first-order chi connectivity index (χ1) is 14.7. The Morgan fingerprint density at radius 2 is 1.81 bits per heavy atom. The Hall–Kier alpha value is -3.32. The summed E-state index contributed by atoms with van der Waals surface area (Å²) in [4.78, 5) is 39.0. The van der Waals surface area contributed by atoms with Crippen LogP contribution in [0.2, 0.25) is 0 Å². The number of rotatable bonds is 5. The Morgan fingerprint density at radius 1 is 1.13 bits per heavy atom. The van der Waals surface area contributed by atoms with Gasteiger partial charge in [-0.3, -0.25) is 14.9 Å². The molecule has 2 aromatic rings. The highest BCUT2D eigenvalue weighted by atomic mass is 127. The third-order valence-corrected chi connectivity index (χ3v) is 5.23. The van der Waals surface area contributed by atoms with Crippen molar-refractivity contribution in [2.24, 2.45) is 0 Å². The molecule has 8 heteroatoms. The zero-order valence-corrected chi connectivity index (χ0v) is 19.3. The third kappa shape index (κ3) is 4.72. The average molecular weight is 530 g/mol. The largest absolute Gasteiger partial charge is 0.493 e. The van der Waals surface area contributed by atoms with Gasteiger partial charge in [-0.15, -0.1) is 6.42 Å². The number of methoxy groups -OCH3 is 1. The first kappa shape index (κ1) is 22.4. The molecule has 0 atom stereocenters. The number of benzene rings is 2. The molecule has 0 unspecified atom stereocenters. The lowest BCUT2D eigenvalue weighted by molar-refractivity contribution is -0.122. The molecule has 1 aliphatic rings. The van der Waals surface area contributed by atoms with Crippen LogP contribution < -0.4 is 19.7 Å². The number of aryl methyl sites for hydroxylation is 2. The average Bonchev–Trinajstić information content (AvgIpc) is 2.69. The van der Waals surface area contributed by atoms with Crippen molar-refractivity contribution in [2.75, 3.05) is 18.6 Å². The summed E-state index contributed by atoms with van der Waals surface area (Å²) in [6.07, 6.45) is 6.66. The SMILES string of the molecule is C#CCOc1c(I)cc(/C=C2\C(=O)NC(=O)N(c3cc(C)cc(C)c3)C2=O)cc1OC. The smallest absolute Gasteiger partial charge is 0.335 e. The predicted octanol–water partition coefficient (Wildman–Crippen LogP) is 3.60. The van der Waals surface area contributed by atoms with E-state index in [9.17, 15) is 14.4 Å². The van der Waals surface area contributed by atoms with Crippen molar-refractivity contribution in [1.82, 2.24) is 5.32 Å². The molecular weight excluding hydrogens is 511 g/mol. The van der Waals surface area contributed by atoms with Gasteiger partial charge in [-0.05, 0) is 83.5 Å². The van der Waals surface area contributed by atoms with Crippen LogP contribution >= 0.6 is 22.6 Å². The third-order valence-electron chi connectivity index (χ3n) is 4.43. The molecular formula is C23H19IN2O5. The lowest BCUT2D eigenvalue weighted by atomic mass is 10.0. The molecule has 0 aliphatic carbocycles. The molecule has 0 aromatic heterocycles. The van der Waals surface area contributed by atoms with Gasteiger partial charge in [0.15, 0.2) is 11.5 Å². The molecule has 7 nitrogen and oxygen atoms in total. The zero-order valence-electron chi connectivity index (χ0n) is 17.1. The molecule has 158 valence electrons. The number of imide groups is 2. The Morgan fingerprint density at radius 3 is 2.42 bits per heavy atom. The summed E-state index contributed by atoms with van der Waals surface area (Å²) in [5.74, 6) is 1.79. The molecule has 0 saturated carbocycles. The van der Waals surface area contributed by atoms with Crippen molar-refractivity contribution >= 4 is 52.2 Å². The normalized spacial score (nSPS) is 15.0. The maximum Gasteiger partial charge on any atom is 0.335 e. The number of halogens is 1. The van der Waals surface area contributed by atoms with Crippen molar-refractivity contribution < 1.29 is 23.9 Å². The highest BCUT2D eigenvalue weighted by Crippen LogP contribution is 2.35. The summed E-state index contributed by atoms with van der Waals surface area (Å²) >= 11 is 2.05. The van der Waals surface area contributed by atoms with Crippen LogP contribution in [0.3, 0.4) is 0 Å². The fraction of sp³-hybridized carbons (Fsp3) is 0.174. The van der Waals surface area contributed by atoms with Crippen molar-refractivity contribution in [3.63, 3.8) is 0 Å². The summed E-state index contributed by atoms with van der Waals surface area (Å²) in [6, 6.07) is 7.90. The number of terminal acetylenes is 1. The van der Waals surface area contributed by atoms with Gasteiger partial charge in [0.05, 0.1) is 16.4 Å². The molecule has 4 amide bonds. The molecule has 0 spiro atoms. The molecule has 1 fully saturated rings. The molecule has 2 aromatic carbocycles. The van der Waals surface area contributed by atoms with E-state index < -0.39 is 17.8 Å². The van der Waals surface area contributed by atoms with Gasteiger partial charge in [-0.2, -0.15) is 0 Å². The number of carbonyl (C=O) groups is 3. The number of amides is 4. The predicted molar refractivity (Wildman–Crippen MR) is 125 cm³/mol. The highest BCUT2D eigenvalue weighted by Gasteiger charge is 2.37. The van der Waals surface area contributed by atoms with Gasteiger partial charge in [0.25, 0.3) is 11.8 Å². The second kappa shape index (κ2) is 9.22. The fourth-order valence-corrected chi connectivity index (χ4v) is 4.00. The number of carbonyl (C=O) groups excluding carboxylic acids is 3. The van der Waals surface area contributed by atoms with Gasteiger partial charge >= 0.3 is 6.03 Å². The van der Waals surface area contributed by atoms with Gasteiger partial charge in [0.2, 0.25) is 0 Å². The standard InChI is InChI=1S/C23H19IN2O5/c1-5-6-31-20-18(24)11-15(12-19(20)30-4)10-17-21(27)25-23(29)26(22(17)28)16-8-13(2)7-14(3)9-16/h1,7-12H,6H2,2-4H3,(H,25,27,29)/b17-10+. The summed E-state index contributed by atoms with van der Waals surface area (Å²) in [6.45, 7) is 3.80. The van der Waals surface area contributed by atoms with Gasteiger partial charge in [0.1, 0.15) is 12.2 Å². The van der Waals surface area contributed by atoms with E-state index in [4.69, 9.17) is 15.9 Å². The minimum Gasteiger partial charge on any atom is -0.493 e. The van der Waals surface area contributed by atoms with Crippen LogP contribution in [0.1, 0.15) is 16.7 Å². The number of nitrogens with zero attached hydrogens (tertiary/aromatic N) is 1. The van der Waals surface area contributed by atoms with Crippen LogP contribution in [0.4, 0.5) is 10.5 Å². The van der Waals surface area contributed by atoms with Crippen molar-refractivity contribution in [3.8, 4) is 23.8 Å². The number of urea groups is 1. The number of nitrogens with one attached hydrogen (secondary N) is 1. The zero-order chi connectivity index (χ0) is 22.7. The second-order valence-corrected chi connectivity index (χ2v) is 7.99. The van der Waals surface area contributed by atoms with E-state index in [1.165, 1.54) is 13.2 Å². The van der Waals surface area contributed by atoms with Crippen LogP contribution in [-0.2, 0) is 9.59 Å². The van der Waals surface area contributed by atoms with Crippen LogP contribution in [0.5, 0.6) is 11.5 Å². The minimum absolute atomic E-state index is 0.0701.